The molecule has 0 fully saturated rings. The summed E-state index contributed by atoms with van der Waals surface area (Å²) >= 11 is 6.09. The van der Waals surface area contributed by atoms with E-state index in [0.717, 1.165) is 15.4 Å². The Labute approximate surface area is 218 Å². The van der Waals surface area contributed by atoms with Crippen molar-refractivity contribution in [1.29, 1.82) is 0 Å². The maximum atomic E-state index is 13.6. The van der Waals surface area contributed by atoms with Gasteiger partial charge in [0.1, 0.15) is 6.54 Å². The highest BCUT2D eigenvalue weighted by molar-refractivity contribution is 7.92. The van der Waals surface area contributed by atoms with Crippen LogP contribution < -0.4 is 19.1 Å². The van der Waals surface area contributed by atoms with Crippen LogP contribution in [0, 0.1) is 13.8 Å². The number of benzene rings is 3. The van der Waals surface area contributed by atoms with Gasteiger partial charge in [-0.15, -0.1) is 0 Å². The molecule has 0 spiro atoms. The number of ether oxygens (including phenoxy) is 2. The van der Waals surface area contributed by atoms with Crippen molar-refractivity contribution < 1.29 is 22.7 Å². The summed E-state index contributed by atoms with van der Waals surface area (Å²) in [5.74, 6) is 0.765. The van der Waals surface area contributed by atoms with Gasteiger partial charge in [0.2, 0.25) is 5.91 Å². The van der Waals surface area contributed by atoms with E-state index >= 15 is 0 Å². The zero-order valence-electron chi connectivity index (χ0n) is 20.9. The summed E-state index contributed by atoms with van der Waals surface area (Å²) in [4.78, 5) is 13.1. The molecule has 0 atom stereocenters. The molecule has 0 aromatic heterocycles. The SMILES string of the molecule is CCOc1ccc(CNC(=O)CN(c2ccc(Cl)cc2C)S(=O)(=O)c2ccc(C)cc2)cc1OCC. The van der Waals surface area contributed by atoms with Gasteiger partial charge in [-0.25, -0.2) is 8.42 Å². The van der Waals surface area contributed by atoms with E-state index in [1.54, 1.807) is 49.4 Å². The summed E-state index contributed by atoms with van der Waals surface area (Å²) in [6, 6.07) is 16.8. The summed E-state index contributed by atoms with van der Waals surface area (Å²) in [6.07, 6.45) is 0. The first-order chi connectivity index (χ1) is 17.1. The van der Waals surface area contributed by atoms with Gasteiger partial charge in [-0.2, -0.15) is 0 Å². The van der Waals surface area contributed by atoms with E-state index in [2.05, 4.69) is 5.32 Å². The molecule has 7 nitrogen and oxygen atoms in total. The Morgan fingerprint density at radius 1 is 0.917 bits per heavy atom. The minimum Gasteiger partial charge on any atom is -0.490 e. The Kier molecular flexibility index (Phi) is 9.23. The first-order valence-electron chi connectivity index (χ1n) is 11.7. The monoisotopic (exact) mass is 530 g/mol. The quantitative estimate of drug-likeness (QED) is 0.365. The molecule has 0 radical (unpaired) electrons. The normalized spacial score (nSPS) is 11.1. The maximum absolute atomic E-state index is 13.6. The fourth-order valence-corrected chi connectivity index (χ4v) is 5.34. The van der Waals surface area contributed by atoms with Crippen molar-refractivity contribution in [3.8, 4) is 11.5 Å². The molecule has 0 saturated carbocycles. The van der Waals surface area contributed by atoms with E-state index in [0.29, 0.717) is 41.0 Å². The predicted octanol–water partition coefficient (Wildman–Crippen LogP) is 5.27. The van der Waals surface area contributed by atoms with Crippen LogP contribution in [0.3, 0.4) is 0 Å². The number of carbonyl (C=O) groups is 1. The molecule has 0 saturated heterocycles. The van der Waals surface area contributed by atoms with Crippen LogP contribution in [0.2, 0.25) is 5.02 Å². The fraction of sp³-hybridized carbons (Fsp3) is 0.296. The Hall–Kier alpha value is -3.23. The number of halogens is 1. The summed E-state index contributed by atoms with van der Waals surface area (Å²) < 4.78 is 39.5. The van der Waals surface area contributed by atoms with E-state index < -0.39 is 22.5 Å². The number of rotatable bonds is 11. The molecule has 3 aromatic rings. The van der Waals surface area contributed by atoms with E-state index in [1.165, 1.54) is 12.1 Å². The summed E-state index contributed by atoms with van der Waals surface area (Å²) in [7, 11) is -4.02. The van der Waals surface area contributed by atoms with Crippen LogP contribution in [0.25, 0.3) is 0 Å². The van der Waals surface area contributed by atoms with Gasteiger partial charge < -0.3 is 14.8 Å². The van der Waals surface area contributed by atoms with Crippen LogP contribution in [-0.4, -0.2) is 34.1 Å². The second-order valence-electron chi connectivity index (χ2n) is 8.18. The molecule has 3 aromatic carbocycles. The van der Waals surface area contributed by atoms with Crippen molar-refractivity contribution in [1.82, 2.24) is 5.32 Å². The van der Waals surface area contributed by atoms with Crippen molar-refractivity contribution in [2.24, 2.45) is 0 Å². The molecular weight excluding hydrogens is 500 g/mol. The summed E-state index contributed by atoms with van der Waals surface area (Å²) in [5, 5.41) is 3.30. The minimum atomic E-state index is -4.02. The van der Waals surface area contributed by atoms with Crippen molar-refractivity contribution in [3.63, 3.8) is 0 Å². The number of anilines is 1. The second-order valence-corrected chi connectivity index (χ2v) is 10.5. The van der Waals surface area contributed by atoms with E-state index in [1.807, 2.05) is 26.8 Å². The number of nitrogens with zero attached hydrogens (tertiary/aromatic N) is 1. The molecule has 1 amide bonds. The van der Waals surface area contributed by atoms with Crippen LogP contribution in [0.4, 0.5) is 5.69 Å². The Balaban J connectivity index is 1.84. The fourth-order valence-electron chi connectivity index (χ4n) is 3.63. The Bertz CT molecular complexity index is 1310. The second kappa shape index (κ2) is 12.1. The largest absolute Gasteiger partial charge is 0.490 e. The first-order valence-corrected chi connectivity index (χ1v) is 13.5. The lowest BCUT2D eigenvalue weighted by Crippen LogP contribution is -2.41. The van der Waals surface area contributed by atoms with Crippen molar-refractivity contribution in [2.45, 2.75) is 39.1 Å². The van der Waals surface area contributed by atoms with Gasteiger partial charge in [-0.05, 0) is 81.3 Å². The molecule has 0 heterocycles. The first kappa shape index (κ1) is 27.4. The van der Waals surface area contributed by atoms with Gasteiger partial charge >= 0.3 is 0 Å². The van der Waals surface area contributed by atoms with Crippen LogP contribution in [-0.2, 0) is 21.4 Å². The van der Waals surface area contributed by atoms with Gasteiger partial charge in [0.05, 0.1) is 23.8 Å². The number of sulfonamides is 1. The number of hydrogen-bond acceptors (Lipinski definition) is 5. The average Bonchev–Trinajstić information content (AvgIpc) is 2.83. The Morgan fingerprint density at radius 2 is 1.58 bits per heavy atom. The number of hydrogen-bond donors (Lipinski definition) is 1. The van der Waals surface area contributed by atoms with Gasteiger partial charge in [0, 0.05) is 11.6 Å². The lowest BCUT2D eigenvalue weighted by molar-refractivity contribution is -0.119. The molecular formula is C27H31ClN2O5S. The number of aryl methyl sites for hydroxylation is 2. The van der Waals surface area contributed by atoms with Gasteiger partial charge in [0.25, 0.3) is 10.0 Å². The third-order valence-electron chi connectivity index (χ3n) is 5.42. The molecule has 0 aliphatic heterocycles. The van der Waals surface area contributed by atoms with Crippen LogP contribution >= 0.6 is 11.6 Å². The molecule has 36 heavy (non-hydrogen) atoms. The molecule has 0 unspecified atom stereocenters. The average molecular weight is 531 g/mol. The smallest absolute Gasteiger partial charge is 0.264 e. The molecule has 0 aliphatic rings. The van der Waals surface area contributed by atoms with Crippen LogP contribution in [0.15, 0.2) is 65.6 Å². The van der Waals surface area contributed by atoms with Crippen molar-refractivity contribution in [2.75, 3.05) is 24.1 Å². The predicted molar refractivity (Wildman–Crippen MR) is 143 cm³/mol. The number of carbonyl (C=O) groups excluding carboxylic acids is 1. The molecule has 9 heteroatoms. The molecule has 0 bridgehead atoms. The molecule has 0 aliphatic carbocycles. The molecule has 1 N–H and O–H groups in total. The van der Waals surface area contributed by atoms with Crippen molar-refractivity contribution in [3.05, 3.63) is 82.4 Å². The summed E-state index contributed by atoms with van der Waals surface area (Å²) in [5.41, 5.74) is 2.75. The topological polar surface area (TPSA) is 84.9 Å². The Morgan fingerprint density at radius 3 is 2.22 bits per heavy atom. The van der Waals surface area contributed by atoms with Gasteiger partial charge in [0.15, 0.2) is 11.5 Å². The minimum absolute atomic E-state index is 0.100. The number of amides is 1. The number of nitrogens with one attached hydrogen (secondary N) is 1. The third kappa shape index (κ3) is 6.71. The molecule has 3 rings (SSSR count). The van der Waals surface area contributed by atoms with Gasteiger partial charge in [-0.3, -0.25) is 9.10 Å². The van der Waals surface area contributed by atoms with E-state index in [-0.39, 0.29) is 11.4 Å². The lowest BCUT2D eigenvalue weighted by Gasteiger charge is -2.26. The third-order valence-corrected chi connectivity index (χ3v) is 7.43. The highest BCUT2D eigenvalue weighted by atomic mass is 35.5. The van der Waals surface area contributed by atoms with Crippen LogP contribution in [0.1, 0.15) is 30.5 Å². The van der Waals surface area contributed by atoms with Crippen molar-refractivity contribution >= 4 is 33.2 Å². The van der Waals surface area contributed by atoms with E-state index in [4.69, 9.17) is 21.1 Å². The summed E-state index contributed by atoms with van der Waals surface area (Å²) in [6.45, 7) is 8.19. The zero-order chi connectivity index (χ0) is 26.3. The highest BCUT2D eigenvalue weighted by Gasteiger charge is 2.28. The van der Waals surface area contributed by atoms with E-state index in [9.17, 15) is 13.2 Å². The van der Waals surface area contributed by atoms with Crippen LogP contribution in [0.5, 0.6) is 11.5 Å². The standard InChI is InChI=1S/C27H31ClN2O5S/c1-5-34-25-14-9-21(16-26(25)35-6-2)17-29-27(31)18-30(24-13-10-22(28)15-20(24)4)36(32,33)23-11-7-19(3)8-12-23/h7-16H,5-6,17-18H2,1-4H3,(H,29,31). The maximum Gasteiger partial charge on any atom is 0.264 e. The van der Waals surface area contributed by atoms with Gasteiger partial charge in [-0.1, -0.05) is 35.4 Å². The molecule has 192 valence electrons. The highest BCUT2D eigenvalue weighted by Crippen LogP contribution is 2.30. The lowest BCUT2D eigenvalue weighted by atomic mass is 10.2. The zero-order valence-corrected chi connectivity index (χ0v) is 22.4.